The van der Waals surface area contributed by atoms with E-state index in [4.69, 9.17) is 85.8 Å². The minimum absolute atomic E-state index is 0.0262. The number of fused-ring (bicyclic) bond motifs is 3. The van der Waals surface area contributed by atoms with Gasteiger partial charge in [0.05, 0.1) is 117 Å². The maximum absolute atomic E-state index is 14.5. The number of hydrazine groups is 1. The largest absolute Gasteiger partial charge is 0.495 e. The van der Waals surface area contributed by atoms with E-state index in [1.165, 1.54) is 57.0 Å². The fourth-order valence-corrected chi connectivity index (χ4v) is 11.5. The average molecular weight is 1520 g/mol. The number of rotatable bonds is 44. The molecule has 4 rings (SSSR count). The van der Waals surface area contributed by atoms with Crippen molar-refractivity contribution in [2.45, 2.75) is 154 Å². The predicted molar refractivity (Wildman–Crippen MR) is 392 cm³/mol. The van der Waals surface area contributed by atoms with Crippen LogP contribution in [0.1, 0.15) is 97.6 Å². The second kappa shape index (κ2) is 48.6. The summed E-state index contributed by atoms with van der Waals surface area (Å²) in [4.78, 5) is 123. The van der Waals surface area contributed by atoms with Gasteiger partial charge in [0.2, 0.25) is 35.4 Å². The van der Waals surface area contributed by atoms with Crippen LogP contribution in [-0.2, 0) is 98.7 Å². The lowest BCUT2D eigenvalue weighted by atomic mass is 9.85. The van der Waals surface area contributed by atoms with E-state index >= 15 is 0 Å². The Hall–Kier alpha value is -7.64. The molecule has 12 N–H and O–H groups in total. The van der Waals surface area contributed by atoms with Gasteiger partial charge in [0.1, 0.15) is 59.4 Å². The molecule has 2 aliphatic rings. The third-order valence-electron chi connectivity index (χ3n) is 17.7. The number of anilines is 2. The number of esters is 1. The number of epoxide rings is 1. The van der Waals surface area contributed by atoms with E-state index in [9.17, 15) is 48.3 Å². The van der Waals surface area contributed by atoms with Crippen LogP contribution in [0, 0.1) is 11.8 Å². The minimum atomic E-state index is -1.37. The van der Waals surface area contributed by atoms with E-state index in [1.807, 2.05) is 13.0 Å². The Kier molecular flexibility index (Phi) is 41.6. The molecular weight excluding hydrogens is 1410 g/mol. The number of benzene rings is 2. The van der Waals surface area contributed by atoms with Crippen molar-refractivity contribution < 1.29 is 105 Å². The molecule has 10 atom stereocenters. The zero-order valence-electron chi connectivity index (χ0n) is 63.1. The summed E-state index contributed by atoms with van der Waals surface area (Å²) in [7, 11) is 7.35. The molecule has 2 aromatic rings. The van der Waals surface area contributed by atoms with Gasteiger partial charge in [-0.15, -0.1) is 0 Å². The number of carbonyl (C=O) groups is 9. The highest BCUT2D eigenvalue weighted by molar-refractivity contribution is 6.35. The highest BCUT2D eigenvalue weighted by Gasteiger charge is 2.63. The molecule has 2 aliphatic heterocycles. The Balaban J connectivity index is 1.23. The average Bonchev–Trinajstić information content (AvgIpc) is 1.57. The summed E-state index contributed by atoms with van der Waals surface area (Å²) >= 11 is 6.84. The standard InChI is InChI=1S/C72H114ClN11O22/c1-46(2)65(81-60(86)23-27-97-29-31-99-33-35-101-37-38-102-36-34-100-32-30-98-28-25-77-61(87)44-74)68(91)80-53(16-13-24-78-76)67(90)79-52-21-19-50(20-22-52)45-103-71(94)82(7)26-14-18-62(88)83(8)49(5)69(92)105-59-43-63(89)84(9)54-40-51(41-58(96-11)64(54)73)39-47(3)15-12-17-56(95-10)55(85)42-57(104-70(75)93)48(4)66-72(59,6)106-66/h12,15,17,19-22,40-41,46,48-49,53,55-57,59,65-66,78,85H,13-14,16,18,23-39,42-45,74,76H2,1-11H3,(H2,75,93)(H,77,87)(H,79,90)(H,80,91)(H,81,86)/b17-12+,47-15+/t48-,49+,53+,55?,56-,57+,59+,65+,66?,72+/m1/s1. The highest BCUT2D eigenvalue weighted by atomic mass is 35.5. The van der Waals surface area contributed by atoms with Crippen LogP contribution in [0.25, 0.3) is 0 Å². The molecule has 34 heteroatoms. The van der Waals surface area contributed by atoms with Crippen molar-refractivity contribution in [3.63, 3.8) is 0 Å². The van der Waals surface area contributed by atoms with E-state index in [2.05, 4.69) is 26.7 Å². The first kappa shape index (κ1) is 90.7. The van der Waals surface area contributed by atoms with Gasteiger partial charge in [-0.25, -0.2) is 14.4 Å². The SMILES string of the molecule is COc1cc2cc(c1Cl)N(C)C(=O)C[C@H](OC(=O)[C@H](C)N(C)C(=O)CCCN(C)C(=O)OCc1ccc(NC(=O)[C@H](CCCNN)NC(=O)[C@@H](NC(=O)CCOCCOCCOCCOCCOCCOCCNC(=O)CN)C(C)C)cc1)[C@]1(C)OC1[C@H](C)[C@@H](OC(N)=O)CC(O)[C@H](OC)/C=C/C=C(\C)C2. The predicted octanol–water partition coefficient (Wildman–Crippen LogP) is 2.96. The fourth-order valence-electron chi connectivity index (χ4n) is 11.2. The summed E-state index contributed by atoms with van der Waals surface area (Å²) in [6.07, 6.45) is -1.11. The van der Waals surface area contributed by atoms with Gasteiger partial charge in [-0.2, -0.15) is 0 Å². The molecule has 33 nitrogen and oxygen atoms in total. The topological polar surface area (TPSA) is 436 Å². The Morgan fingerprint density at radius 2 is 1.42 bits per heavy atom. The number of nitrogens with zero attached hydrogens (tertiary/aromatic N) is 3. The van der Waals surface area contributed by atoms with E-state index < -0.39 is 114 Å². The van der Waals surface area contributed by atoms with Crippen LogP contribution in [0.3, 0.4) is 0 Å². The summed E-state index contributed by atoms with van der Waals surface area (Å²) in [6.45, 7) is 14.9. The van der Waals surface area contributed by atoms with Crippen LogP contribution in [0.5, 0.6) is 5.75 Å². The first-order valence-corrected chi connectivity index (χ1v) is 36.0. The number of carbonyl (C=O) groups excluding carboxylic acids is 9. The molecule has 0 aliphatic carbocycles. The molecule has 2 bridgehead atoms. The molecule has 2 unspecified atom stereocenters. The number of amides is 8. The van der Waals surface area contributed by atoms with E-state index in [0.717, 1.165) is 11.1 Å². The van der Waals surface area contributed by atoms with Gasteiger partial charge in [0.25, 0.3) is 0 Å². The van der Waals surface area contributed by atoms with Crippen LogP contribution in [0.15, 0.2) is 60.2 Å². The fraction of sp³-hybridized carbons (Fsp3) is 0.653. The summed E-state index contributed by atoms with van der Waals surface area (Å²) in [5, 5.41) is 22.6. The van der Waals surface area contributed by atoms with Crippen molar-refractivity contribution in [3.8, 4) is 5.75 Å². The van der Waals surface area contributed by atoms with E-state index in [1.54, 1.807) is 76.2 Å². The lowest BCUT2D eigenvalue weighted by molar-refractivity contribution is -0.162. The molecule has 0 saturated carbocycles. The molecule has 2 heterocycles. The number of primary amides is 1. The Morgan fingerprint density at radius 3 is 2.00 bits per heavy atom. The molecule has 1 fully saturated rings. The van der Waals surface area contributed by atoms with Crippen LogP contribution >= 0.6 is 11.6 Å². The summed E-state index contributed by atoms with van der Waals surface area (Å²) in [5.74, 6) is 1.23. The molecule has 596 valence electrons. The molecule has 1 saturated heterocycles. The molecule has 2 aromatic carbocycles. The van der Waals surface area contributed by atoms with E-state index in [0.29, 0.717) is 108 Å². The minimum Gasteiger partial charge on any atom is -0.495 e. The number of nitrogens with two attached hydrogens (primary N) is 3. The zero-order chi connectivity index (χ0) is 78.3. The van der Waals surface area contributed by atoms with Gasteiger partial charge in [0.15, 0.2) is 0 Å². The van der Waals surface area contributed by atoms with E-state index in [-0.39, 0.29) is 88.5 Å². The van der Waals surface area contributed by atoms with Crippen LogP contribution < -0.4 is 53.6 Å². The Bertz CT molecular complexity index is 3150. The maximum atomic E-state index is 14.5. The van der Waals surface area contributed by atoms with Gasteiger partial charge in [0, 0.05) is 78.8 Å². The zero-order valence-corrected chi connectivity index (χ0v) is 63.9. The number of likely N-dealkylation sites (N-methyl/N-ethyl adjacent to an activating group) is 1. The lowest BCUT2D eigenvalue weighted by Gasteiger charge is -2.30. The van der Waals surface area contributed by atoms with Gasteiger partial charge in [-0.3, -0.25) is 40.0 Å². The Morgan fingerprint density at radius 1 is 0.811 bits per heavy atom. The Labute approximate surface area is 626 Å². The number of ether oxygens (including phenoxy) is 12. The smallest absolute Gasteiger partial charge is 0.409 e. The molecule has 0 spiro atoms. The van der Waals surface area contributed by atoms with Crippen molar-refractivity contribution in [2.24, 2.45) is 29.1 Å². The number of methoxy groups -OCH3 is 2. The highest BCUT2D eigenvalue weighted by Crippen LogP contribution is 2.49. The first-order chi connectivity index (χ1) is 50.6. The molecule has 0 aromatic heterocycles. The molecular formula is C72H114ClN11O22. The summed E-state index contributed by atoms with van der Waals surface area (Å²) in [6, 6.07) is 6.87. The monoisotopic (exact) mass is 1520 g/mol. The number of nitrogens with one attached hydrogen (secondary N) is 5. The number of aliphatic hydroxyl groups excluding tert-OH is 1. The number of halogens is 1. The third-order valence-corrected chi connectivity index (χ3v) is 18.1. The molecule has 106 heavy (non-hydrogen) atoms. The first-order valence-electron chi connectivity index (χ1n) is 35.6. The summed E-state index contributed by atoms with van der Waals surface area (Å²) < 4.78 is 67.7. The molecule has 8 amide bonds. The quantitative estimate of drug-likeness (QED) is 0.0115. The van der Waals surface area contributed by atoms with Crippen LogP contribution in [0.4, 0.5) is 21.0 Å². The third kappa shape index (κ3) is 32.0. The molecule has 0 radical (unpaired) electrons. The lowest BCUT2D eigenvalue weighted by Crippen LogP contribution is -2.54. The van der Waals surface area contributed by atoms with Crippen LogP contribution in [0.2, 0.25) is 5.02 Å². The second-order valence-electron chi connectivity index (χ2n) is 26.2. The normalized spacial score (nSPS) is 20.7. The van der Waals surface area contributed by atoms with Crippen molar-refractivity contribution >= 4 is 76.6 Å². The van der Waals surface area contributed by atoms with Gasteiger partial charge >= 0.3 is 18.2 Å². The van der Waals surface area contributed by atoms with Crippen molar-refractivity contribution in [1.29, 1.82) is 0 Å². The van der Waals surface area contributed by atoms with Crippen molar-refractivity contribution in [3.05, 3.63) is 76.3 Å². The maximum Gasteiger partial charge on any atom is 0.409 e. The van der Waals surface area contributed by atoms with Crippen molar-refractivity contribution in [2.75, 3.05) is 151 Å². The van der Waals surface area contributed by atoms with Crippen molar-refractivity contribution in [1.82, 2.24) is 31.2 Å². The number of hydrogen-bond donors (Lipinski definition) is 9. The van der Waals surface area contributed by atoms with Gasteiger partial charge in [-0.05, 0) is 87.8 Å². The summed E-state index contributed by atoms with van der Waals surface area (Å²) in [5.41, 5.74) is 14.9. The van der Waals surface area contributed by atoms with Crippen LogP contribution in [-0.4, -0.2) is 264 Å². The number of aliphatic hydroxyl groups is 1. The second-order valence-corrected chi connectivity index (χ2v) is 26.6. The van der Waals surface area contributed by atoms with Gasteiger partial charge < -0.3 is 109 Å². The van der Waals surface area contributed by atoms with Gasteiger partial charge in [-0.1, -0.05) is 68.3 Å². The number of allylic oxidation sites excluding steroid dienone is 3. The number of hydrogen-bond acceptors (Lipinski definition) is 25.